The van der Waals surface area contributed by atoms with E-state index in [0.29, 0.717) is 19.3 Å². The standard InChI is InChI=1S/C16H21NO3/c1-3-4-9-15(18)17-14(11-16(19)20)10-13-8-6-5-7-12(13)2/h3,5-8,14H,1,4,9-11H2,2H3,(H,17,18)(H,19,20)/t14-/m0/s1. The molecule has 0 aliphatic carbocycles. The summed E-state index contributed by atoms with van der Waals surface area (Å²) >= 11 is 0. The molecule has 0 radical (unpaired) electrons. The zero-order valence-corrected chi connectivity index (χ0v) is 11.8. The molecular formula is C16H21NO3. The van der Waals surface area contributed by atoms with Gasteiger partial charge in [-0.05, 0) is 30.9 Å². The van der Waals surface area contributed by atoms with Crippen molar-refractivity contribution in [2.75, 3.05) is 0 Å². The number of hydrogen-bond acceptors (Lipinski definition) is 2. The Balaban J connectivity index is 2.69. The number of hydrogen-bond donors (Lipinski definition) is 2. The number of nitrogens with one attached hydrogen (secondary N) is 1. The Hall–Kier alpha value is -2.10. The van der Waals surface area contributed by atoms with Crippen LogP contribution in [0.15, 0.2) is 36.9 Å². The van der Waals surface area contributed by atoms with Crippen molar-refractivity contribution in [2.45, 2.75) is 38.6 Å². The van der Waals surface area contributed by atoms with Crippen LogP contribution in [0.5, 0.6) is 0 Å². The molecule has 1 aromatic rings. The summed E-state index contributed by atoms with van der Waals surface area (Å²) in [5.74, 6) is -1.04. The molecule has 0 aliphatic heterocycles. The molecule has 2 N–H and O–H groups in total. The van der Waals surface area contributed by atoms with E-state index in [0.717, 1.165) is 11.1 Å². The summed E-state index contributed by atoms with van der Waals surface area (Å²) < 4.78 is 0. The number of carboxylic acid groups (broad SMARTS) is 1. The maximum atomic E-state index is 11.7. The maximum Gasteiger partial charge on any atom is 0.305 e. The molecule has 4 nitrogen and oxygen atoms in total. The number of carboxylic acids is 1. The Labute approximate surface area is 119 Å². The first-order valence-corrected chi connectivity index (χ1v) is 6.69. The van der Waals surface area contributed by atoms with Gasteiger partial charge in [0.05, 0.1) is 6.42 Å². The van der Waals surface area contributed by atoms with Gasteiger partial charge in [-0.25, -0.2) is 0 Å². The number of amides is 1. The Morgan fingerprint density at radius 1 is 1.40 bits per heavy atom. The van der Waals surface area contributed by atoms with Crippen molar-refractivity contribution in [3.63, 3.8) is 0 Å². The average molecular weight is 275 g/mol. The average Bonchev–Trinajstić information content (AvgIpc) is 2.38. The highest BCUT2D eigenvalue weighted by Gasteiger charge is 2.17. The molecule has 0 saturated carbocycles. The summed E-state index contributed by atoms with van der Waals surface area (Å²) in [4.78, 5) is 22.6. The van der Waals surface area contributed by atoms with Gasteiger partial charge in [0.1, 0.15) is 0 Å². The van der Waals surface area contributed by atoms with E-state index in [4.69, 9.17) is 5.11 Å². The molecule has 0 heterocycles. The number of aliphatic carboxylic acids is 1. The molecule has 1 atom stereocenters. The maximum absolute atomic E-state index is 11.7. The Morgan fingerprint density at radius 2 is 2.10 bits per heavy atom. The second kappa shape index (κ2) is 8.15. The van der Waals surface area contributed by atoms with Crippen molar-refractivity contribution in [1.82, 2.24) is 5.32 Å². The molecule has 0 fully saturated rings. The van der Waals surface area contributed by atoms with Crippen molar-refractivity contribution < 1.29 is 14.7 Å². The van der Waals surface area contributed by atoms with Crippen LogP contribution < -0.4 is 5.32 Å². The minimum absolute atomic E-state index is 0.0752. The van der Waals surface area contributed by atoms with E-state index in [2.05, 4.69) is 11.9 Å². The molecule has 0 aromatic heterocycles. The monoisotopic (exact) mass is 275 g/mol. The lowest BCUT2D eigenvalue weighted by molar-refractivity contribution is -0.137. The van der Waals surface area contributed by atoms with Crippen molar-refractivity contribution in [1.29, 1.82) is 0 Å². The zero-order valence-electron chi connectivity index (χ0n) is 11.8. The van der Waals surface area contributed by atoms with Crippen LogP contribution in [-0.2, 0) is 16.0 Å². The Morgan fingerprint density at radius 3 is 2.70 bits per heavy atom. The van der Waals surface area contributed by atoms with E-state index in [1.807, 2.05) is 31.2 Å². The van der Waals surface area contributed by atoms with Crippen LogP contribution in [0.1, 0.15) is 30.4 Å². The Bertz CT molecular complexity index is 482. The predicted octanol–water partition coefficient (Wildman–Crippen LogP) is 2.46. The summed E-state index contributed by atoms with van der Waals surface area (Å²) in [7, 11) is 0. The van der Waals surface area contributed by atoms with Gasteiger partial charge >= 0.3 is 5.97 Å². The molecule has 0 spiro atoms. The molecule has 4 heteroatoms. The SMILES string of the molecule is C=CCCC(=O)N[C@H](CC(=O)O)Cc1ccccc1C. The summed E-state index contributed by atoms with van der Waals surface area (Å²) in [5.41, 5.74) is 2.16. The summed E-state index contributed by atoms with van der Waals surface area (Å²) in [6.07, 6.45) is 3.06. The summed E-state index contributed by atoms with van der Waals surface area (Å²) in [5, 5.41) is 11.7. The lowest BCUT2D eigenvalue weighted by atomic mass is 9.99. The molecule has 1 rings (SSSR count). The number of allylic oxidation sites excluding steroid dienone is 1. The molecule has 0 saturated heterocycles. The number of aryl methyl sites for hydroxylation is 1. The van der Waals surface area contributed by atoms with Crippen molar-refractivity contribution in [3.05, 3.63) is 48.0 Å². The number of carbonyl (C=O) groups excluding carboxylic acids is 1. The van der Waals surface area contributed by atoms with Crippen molar-refractivity contribution >= 4 is 11.9 Å². The van der Waals surface area contributed by atoms with Gasteiger partial charge in [-0.1, -0.05) is 30.3 Å². The topological polar surface area (TPSA) is 66.4 Å². The molecule has 0 aliphatic rings. The van der Waals surface area contributed by atoms with E-state index >= 15 is 0 Å². The first kappa shape index (κ1) is 16.0. The van der Waals surface area contributed by atoms with E-state index in [1.165, 1.54) is 0 Å². The van der Waals surface area contributed by atoms with Crippen LogP contribution in [0.3, 0.4) is 0 Å². The fourth-order valence-corrected chi connectivity index (χ4v) is 2.02. The molecule has 108 valence electrons. The second-order valence-electron chi connectivity index (χ2n) is 4.82. The van der Waals surface area contributed by atoms with E-state index in [-0.39, 0.29) is 18.4 Å². The van der Waals surface area contributed by atoms with Gasteiger partial charge in [-0.15, -0.1) is 6.58 Å². The van der Waals surface area contributed by atoms with Gasteiger partial charge < -0.3 is 10.4 Å². The van der Waals surface area contributed by atoms with Gasteiger partial charge in [0.2, 0.25) is 5.91 Å². The summed E-state index contributed by atoms with van der Waals surface area (Å²) in [6.45, 7) is 5.54. The zero-order chi connectivity index (χ0) is 15.0. The molecule has 0 unspecified atom stereocenters. The third kappa shape index (κ3) is 5.69. The van der Waals surface area contributed by atoms with Crippen LogP contribution in [0, 0.1) is 6.92 Å². The third-order valence-electron chi connectivity index (χ3n) is 3.09. The van der Waals surface area contributed by atoms with Crippen LogP contribution >= 0.6 is 0 Å². The first-order chi connectivity index (χ1) is 9.52. The summed E-state index contributed by atoms with van der Waals surface area (Å²) in [6, 6.07) is 7.41. The van der Waals surface area contributed by atoms with E-state index in [9.17, 15) is 9.59 Å². The fraction of sp³-hybridized carbons (Fsp3) is 0.375. The Kier molecular flexibility index (Phi) is 6.50. The normalized spacial score (nSPS) is 11.7. The lowest BCUT2D eigenvalue weighted by Gasteiger charge is -2.18. The molecule has 20 heavy (non-hydrogen) atoms. The lowest BCUT2D eigenvalue weighted by Crippen LogP contribution is -2.38. The van der Waals surface area contributed by atoms with Crippen LogP contribution in [-0.4, -0.2) is 23.0 Å². The highest BCUT2D eigenvalue weighted by Crippen LogP contribution is 2.11. The molecular weight excluding hydrogens is 254 g/mol. The number of rotatable bonds is 8. The molecule has 1 amide bonds. The van der Waals surface area contributed by atoms with E-state index in [1.54, 1.807) is 6.08 Å². The number of benzene rings is 1. The van der Waals surface area contributed by atoms with Crippen molar-refractivity contribution in [3.8, 4) is 0 Å². The molecule has 0 bridgehead atoms. The third-order valence-corrected chi connectivity index (χ3v) is 3.09. The fourth-order valence-electron chi connectivity index (χ4n) is 2.02. The van der Waals surface area contributed by atoms with Gasteiger partial charge in [0.25, 0.3) is 0 Å². The van der Waals surface area contributed by atoms with Gasteiger partial charge in [0.15, 0.2) is 0 Å². The number of carbonyl (C=O) groups is 2. The minimum Gasteiger partial charge on any atom is -0.481 e. The van der Waals surface area contributed by atoms with Gasteiger partial charge in [0, 0.05) is 12.5 Å². The highest BCUT2D eigenvalue weighted by molar-refractivity contribution is 5.77. The highest BCUT2D eigenvalue weighted by atomic mass is 16.4. The van der Waals surface area contributed by atoms with Crippen LogP contribution in [0.25, 0.3) is 0 Å². The predicted molar refractivity (Wildman–Crippen MR) is 78.5 cm³/mol. The first-order valence-electron chi connectivity index (χ1n) is 6.69. The minimum atomic E-state index is -0.910. The largest absolute Gasteiger partial charge is 0.481 e. The second-order valence-corrected chi connectivity index (χ2v) is 4.82. The van der Waals surface area contributed by atoms with E-state index < -0.39 is 5.97 Å². The van der Waals surface area contributed by atoms with Gasteiger partial charge in [-0.3, -0.25) is 9.59 Å². The van der Waals surface area contributed by atoms with Crippen LogP contribution in [0.2, 0.25) is 0 Å². The van der Waals surface area contributed by atoms with Crippen LogP contribution in [0.4, 0.5) is 0 Å². The smallest absolute Gasteiger partial charge is 0.305 e. The van der Waals surface area contributed by atoms with Gasteiger partial charge in [-0.2, -0.15) is 0 Å². The van der Waals surface area contributed by atoms with Crippen molar-refractivity contribution in [2.24, 2.45) is 0 Å². The molecule has 1 aromatic carbocycles. The quantitative estimate of drug-likeness (QED) is 0.716.